The fourth-order valence-electron chi connectivity index (χ4n) is 2.94. The number of nitrogens with one attached hydrogen (secondary N) is 1. The Morgan fingerprint density at radius 3 is 2.60 bits per heavy atom. The van der Waals surface area contributed by atoms with Gasteiger partial charge in [0.2, 0.25) is 0 Å². The number of hydrogen-bond acceptors (Lipinski definition) is 3. The van der Waals surface area contributed by atoms with E-state index in [0.29, 0.717) is 12.6 Å². The highest BCUT2D eigenvalue weighted by atomic mass is 16.5. The van der Waals surface area contributed by atoms with Crippen LogP contribution in [0.1, 0.15) is 43.9 Å². The van der Waals surface area contributed by atoms with Crippen LogP contribution in [0.2, 0.25) is 0 Å². The van der Waals surface area contributed by atoms with Gasteiger partial charge in [-0.15, -0.1) is 0 Å². The molecule has 0 saturated heterocycles. The maximum Gasteiger partial charge on any atom is 0.122 e. The van der Waals surface area contributed by atoms with Crippen LogP contribution in [0.15, 0.2) is 12.1 Å². The van der Waals surface area contributed by atoms with Crippen molar-refractivity contribution in [1.29, 1.82) is 0 Å². The lowest BCUT2D eigenvalue weighted by Crippen LogP contribution is -2.43. The summed E-state index contributed by atoms with van der Waals surface area (Å²) in [6.07, 6.45) is 2.98. The summed E-state index contributed by atoms with van der Waals surface area (Å²) in [6, 6.07) is 4.57. The van der Waals surface area contributed by atoms with Gasteiger partial charge < -0.3 is 15.2 Å². The molecule has 1 aliphatic carbocycles. The number of aliphatic hydroxyl groups is 1. The predicted molar refractivity (Wildman–Crippen MR) is 82.4 cm³/mol. The third-order valence-electron chi connectivity index (χ3n) is 4.06. The summed E-state index contributed by atoms with van der Waals surface area (Å²) in [5.41, 5.74) is 4.16. The fraction of sp³-hybridized carbons (Fsp3) is 0.647. The number of aryl methyl sites for hydroxylation is 1. The molecular formula is C17H27NO2. The number of hydrogen-bond donors (Lipinski definition) is 2. The number of ether oxygens (including phenoxy) is 1. The second-order valence-electron chi connectivity index (χ2n) is 6.18. The summed E-state index contributed by atoms with van der Waals surface area (Å²) in [4.78, 5) is 0. The Morgan fingerprint density at radius 1 is 1.20 bits per heavy atom. The van der Waals surface area contributed by atoms with Gasteiger partial charge in [0.25, 0.3) is 0 Å². The minimum Gasteiger partial charge on any atom is -0.491 e. The molecule has 1 aromatic rings. The van der Waals surface area contributed by atoms with E-state index in [0.717, 1.165) is 18.6 Å². The molecule has 0 heterocycles. The highest BCUT2D eigenvalue weighted by Gasteiger charge is 2.20. The van der Waals surface area contributed by atoms with Crippen molar-refractivity contribution in [3.05, 3.63) is 28.8 Å². The summed E-state index contributed by atoms with van der Waals surface area (Å²) in [5.74, 6) is 0.957. The van der Waals surface area contributed by atoms with Crippen LogP contribution in [0.3, 0.4) is 0 Å². The smallest absolute Gasteiger partial charge is 0.122 e. The van der Waals surface area contributed by atoms with Crippen molar-refractivity contribution in [3.8, 4) is 5.75 Å². The Bertz CT molecular complexity index is 457. The largest absolute Gasteiger partial charge is 0.491 e. The summed E-state index contributed by atoms with van der Waals surface area (Å²) >= 11 is 0. The van der Waals surface area contributed by atoms with Gasteiger partial charge in [0.15, 0.2) is 0 Å². The molecule has 0 amide bonds. The molecule has 2 atom stereocenters. The van der Waals surface area contributed by atoms with Gasteiger partial charge in [-0.3, -0.25) is 0 Å². The molecule has 0 radical (unpaired) electrons. The van der Waals surface area contributed by atoms with Crippen molar-refractivity contribution in [1.82, 2.24) is 5.32 Å². The van der Waals surface area contributed by atoms with Crippen molar-refractivity contribution in [2.75, 3.05) is 6.61 Å². The van der Waals surface area contributed by atoms with Crippen LogP contribution in [-0.2, 0) is 12.8 Å². The quantitative estimate of drug-likeness (QED) is 0.840. The van der Waals surface area contributed by atoms with Crippen molar-refractivity contribution in [3.63, 3.8) is 0 Å². The molecular weight excluding hydrogens is 250 g/mol. The molecule has 0 unspecified atom stereocenters. The minimum atomic E-state index is -0.490. The van der Waals surface area contributed by atoms with E-state index in [2.05, 4.69) is 32.2 Å². The number of fused-ring (bicyclic) bond motifs is 1. The van der Waals surface area contributed by atoms with Gasteiger partial charge in [0.1, 0.15) is 18.5 Å². The molecule has 112 valence electrons. The molecule has 2 N–H and O–H groups in total. The van der Waals surface area contributed by atoms with Gasteiger partial charge >= 0.3 is 0 Å². The molecule has 2 rings (SSSR count). The molecule has 0 fully saturated rings. The number of rotatable bonds is 6. The predicted octanol–water partition coefficient (Wildman–Crippen LogP) is 2.61. The van der Waals surface area contributed by atoms with E-state index in [1.807, 2.05) is 13.0 Å². The fourth-order valence-corrected chi connectivity index (χ4v) is 2.94. The average Bonchev–Trinajstić information content (AvgIpc) is 2.87. The average molecular weight is 277 g/mol. The van der Waals surface area contributed by atoms with Crippen LogP contribution < -0.4 is 10.1 Å². The van der Waals surface area contributed by atoms with Crippen LogP contribution in [0.25, 0.3) is 0 Å². The maximum atomic E-state index is 10.1. The van der Waals surface area contributed by atoms with E-state index >= 15 is 0 Å². The third kappa shape index (κ3) is 3.53. The lowest BCUT2D eigenvalue weighted by atomic mass is 10.0. The van der Waals surface area contributed by atoms with E-state index in [1.54, 1.807) is 0 Å². The van der Waals surface area contributed by atoms with Crippen molar-refractivity contribution < 1.29 is 9.84 Å². The third-order valence-corrected chi connectivity index (χ3v) is 4.06. The standard InChI is InChI=1S/C17H27NO2/c1-11(2)18-13(4)16(19)10-20-17-9-8-12(3)14-6-5-7-15(14)17/h8-9,11,13,16,18-19H,5-7,10H2,1-4H3/t13-,16-/m1/s1. The topological polar surface area (TPSA) is 41.5 Å². The zero-order chi connectivity index (χ0) is 14.7. The highest BCUT2D eigenvalue weighted by molar-refractivity contribution is 5.47. The van der Waals surface area contributed by atoms with E-state index in [4.69, 9.17) is 4.74 Å². The van der Waals surface area contributed by atoms with Gasteiger partial charge in [-0.25, -0.2) is 0 Å². The SMILES string of the molecule is Cc1ccc(OC[C@@H](O)[C@@H](C)NC(C)C)c2c1CCC2. The van der Waals surface area contributed by atoms with E-state index < -0.39 is 6.10 Å². The zero-order valence-corrected chi connectivity index (χ0v) is 13.1. The first kappa shape index (κ1) is 15.3. The Labute approximate surface area is 122 Å². The maximum absolute atomic E-state index is 10.1. The molecule has 20 heavy (non-hydrogen) atoms. The number of aliphatic hydroxyl groups excluding tert-OH is 1. The van der Waals surface area contributed by atoms with Gasteiger partial charge in [-0.05, 0) is 55.9 Å². The van der Waals surface area contributed by atoms with E-state index in [-0.39, 0.29) is 6.04 Å². The monoisotopic (exact) mass is 277 g/mol. The summed E-state index contributed by atoms with van der Waals surface area (Å²) in [6.45, 7) is 8.66. The molecule has 0 bridgehead atoms. The second kappa shape index (κ2) is 6.59. The van der Waals surface area contributed by atoms with Crippen molar-refractivity contribution in [2.24, 2.45) is 0 Å². The normalized spacial score (nSPS) is 17.1. The molecule has 1 aromatic carbocycles. The molecule has 0 spiro atoms. The Balaban J connectivity index is 1.96. The van der Waals surface area contributed by atoms with E-state index in [9.17, 15) is 5.11 Å². The first-order chi connectivity index (χ1) is 9.49. The Kier molecular flexibility index (Phi) is 5.06. The van der Waals surface area contributed by atoms with Crippen LogP contribution in [-0.4, -0.2) is 29.9 Å². The van der Waals surface area contributed by atoms with Crippen LogP contribution in [0, 0.1) is 6.92 Å². The van der Waals surface area contributed by atoms with Crippen molar-refractivity contribution in [2.45, 2.75) is 65.1 Å². The lowest BCUT2D eigenvalue weighted by Gasteiger charge is -2.23. The van der Waals surface area contributed by atoms with Crippen LogP contribution in [0.4, 0.5) is 0 Å². The van der Waals surface area contributed by atoms with Crippen LogP contribution >= 0.6 is 0 Å². The first-order valence-corrected chi connectivity index (χ1v) is 7.67. The summed E-state index contributed by atoms with van der Waals surface area (Å²) < 4.78 is 5.88. The highest BCUT2D eigenvalue weighted by Crippen LogP contribution is 2.33. The molecule has 0 aliphatic heterocycles. The minimum absolute atomic E-state index is 0.0356. The van der Waals surface area contributed by atoms with E-state index in [1.165, 1.54) is 23.1 Å². The first-order valence-electron chi connectivity index (χ1n) is 7.67. The summed E-state index contributed by atoms with van der Waals surface area (Å²) in [7, 11) is 0. The van der Waals surface area contributed by atoms with Gasteiger partial charge in [-0.1, -0.05) is 19.9 Å². The Hall–Kier alpha value is -1.06. The molecule has 3 heteroatoms. The van der Waals surface area contributed by atoms with Crippen LogP contribution in [0.5, 0.6) is 5.75 Å². The zero-order valence-electron chi connectivity index (χ0n) is 13.1. The Morgan fingerprint density at radius 2 is 1.90 bits per heavy atom. The van der Waals surface area contributed by atoms with Gasteiger partial charge in [0, 0.05) is 12.1 Å². The molecule has 0 aromatic heterocycles. The molecule has 3 nitrogen and oxygen atoms in total. The lowest BCUT2D eigenvalue weighted by molar-refractivity contribution is 0.0755. The van der Waals surface area contributed by atoms with Gasteiger partial charge in [-0.2, -0.15) is 0 Å². The summed E-state index contributed by atoms with van der Waals surface area (Å²) in [5, 5.41) is 13.5. The van der Waals surface area contributed by atoms with Crippen molar-refractivity contribution >= 4 is 0 Å². The molecule has 0 saturated carbocycles. The molecule has 1 aliphatic rings. The second-order valence-corrected chi connectivity index (χ2v) is 6.18. The number of benzene rings is 1. The van der Waals surface area contributed by atoms with Gasteiger partial charge in [0.05, 0.1) is 0 Å².